The van der Waals surface area contributed by atoms with Crippen LogP contribution in [0.4, 0.5) is 5.13 Å². The summed E-state index contributed by atoms with van der Waals surface area (Å²) in [7, 11) is 0. The molecular formula is C25H24N6OS2. The number of aryl methyl sites for hydroxylation is 2. The van der Waals surface area contributed by atoms with Gasteiger partial charge in [0.1, 0.15) is 5.52 Å². The monoisotopic (exact) mass is 488 g/mol. The van der Waals surface area contributed by atoms with Crippen LogP contribution in [-0.2, 0) is 11.3 Å². The second kappa shape index (κ2) is 9.52. The topological polar surface area (TPSA) is 85.6 Å². The van der Waals surface area contributed by atoms with Gasteiger partial charge in [-0.3, -0.25) is 4.79 Å². The first-order valence-electron chi connectivity index (χ1n) is 11.2. The molecule has 1 atom stereocenters. The third-order valence-corrected chi connectivity index (χ3v) is 7.76. The van der Waals surface area contributed by atoms with Crippen molar-refractivity contribution in [2.75, 3.05) is 5.32 Å². The summed E-state index contributed by atoms with van der Waals surface area (Å²) in [6.45, 7) is 6.86. The summed E-state index contributed by atoms with van der Waals surface area (Å²) < 4.78 is 2.13. The summed E-state index contributed by atoms with van der Waals surface area (Å²) in [4.78, 5) is 23.6. The molecule has 0 fully saturated rings. The number of thiazole rings is 1. The maximum absolute atomic E-state index is 13.1. The van der Waals surface area contributed by atoms with Crippen LogP contribution >= 0.6 is 23.1 Å². The minimum atomic E-state index is -0.358. The Bertz CT molecular complexity index is 1480. The number of benzene rings is 2. The highest BCUT2D eigenvalue weighted by atomic mass is 32.2. The summed E-state index contributed by atoms with van der Waals surface area (Å²) in [6.07, 6.45) is 0.630. The number of nitrogens with zero attached hydrogens (tertiary/aromatic N) is 5. The zero-order valence-electron chi connectivity index (χ0n) is 19.1. The molecule has 0 radical (unpaired) electrons. The van der Waals surface area contributed by atoms with E-state index in [9.17, 15) is 4.79 Å². The molecule has 1 unspecified atom stereocenters. The number of anilines is 1. The lowest BCUT2D eigenvalue weighted by molar-refractivity contribution is -0.115. The molecule has 0 aliphatic heterocycles. The largest absolute Gasteiger partial charge is 0.324 e. The van der Waals surface area contributed by atoms with Crippen molar-refractivity contribution in [1.82, 2.24) is 24.7 Å². The lowest BCUT2D eigenvalue weighted by Gasteiger charge is -2.12. The van der Waals surface area contributed by atoms with E-state index >= 15 is 0 Å². The SMILES string of the molecule is CCC(Sc1nnc2c3ccccc3n(CC)c2n1)C(=O)Nc1nc(-c2ccccc2)c(C)s1. The number of nitrogens with one attached hydrogen (secondary N) is 1. The van der Waals surface area contributed by atoms with Gasteiger partial charge in [-0.2, -0.15) is 0 Å². The van der Waals surface area contributed by atoms with E-state index in [2.05, 4.69) is 38.1 Å². The maximum atomic E-state index is 13.1. The average Bonchev–Trinajstić information content (AvgIpc) is 3.39. The third-order valence-electron chi connectivity index (χ3n) is 5.66. The molecule has 9 heteroatoms. The van der Waals surface area contributed by atoms with Gasteiger partial charge >= 0.3 is 0 Å². The number of aromatic nitrogens is 5. The molecule has 3 heterocycles. The quantitative estimate of drug-likeness (QED) is 0.285. The van der Waals surface area contributed by atoms with E-state index in [0.717, 1.165) is 44.7 Å². The van der Waals surface area contributed by atoms with Gasteiger partial charge in [-0.15, -0.1) is 21.5 Å². The molecule has 1 amide bonds. The number of para-hydroxylation sites is 1. The fraction of sp³-hybridized carbons (Fsp3) is 0.240. The van der Waals surface area contributed by atoms with Crippen LogP contribution in [0.15, 0.2) is 59.8 Å². The third kappa shape index (κ3) is 4.17. The average molecular weight is 489 g/mol. The number of thioether (sulfide) groups is 1. The molecular weight excluding hydrogens is 464 g/mol. The van der Waals surface area contributed by atoms with Crippen LogP contribution in [0.25, 0.3) is 33.3 Å². The molecule has 0 aliphatic rings. The first kappa shape index (κ1) is 22.5. The van der Waals surface area contributed by atoms with Crippen molar-refractivity contribution in [3.63, 3.8) is 0 Å². The highest BCUT2D eigenvalue weighted by molar-refractivity contribution is 8.00. The Kier molecular flexibility index (Phi) is 6.30. The van der Waals surface area contributed by atoms with Crippen LogP contribution in [0.5, 0.6) is 0 Å². The number of hydrogen-bond donors (Lipinski definition) is 1. The zero-order valence-corrected chi connectivity index (χ0v) is 20.8. The number of carbonyl (C=O) groups is 1. The van der Waals surface area contributed by atoms with Crippen molar-refractivity contribution in [1.29, 1.82) is 0 Å². The van der Waals surface area contributed by atoms with Crippen LogP contribution in [0.2, 0.25) is 0 Å². The van der Waals surface area contributed by atoms with E-state index in [4.69, 9.17) is 4.98 Å². The molecule has 5 aromatic rings. The molecule has 2 aromatic carbocycles. The Morgan fingerprint density at radius 2 is 1.82 bits per heavy atom. The molecule has 5 rings (SSSR count). The molecule has 7 nitrogen and oxygen atoms in total. The highest BCUT2D eigenvalue weighted by Gasteiger charge is 2.23. The molecule has 3 aromatic heterocycles. The standard InChI is InChI=1S/C25H24N6OS2/c1-4-19(23(32)28-24-26-20(15(3)33-24)16-11-7-6-8-12-16)34-25-27-22-21(29-30-25)17-13-9-10-14-18(17)31(22)5-2/h6-14,19H,4-5H2,1-3H3,(H,26,28,32). The Balaban J connectivity index is 1.37. The number of amides is 1. The summed E-state index contributed by atoms with van der Waals surface area (Å²) in [6, 6.07) is 18.1. The number of carbonyl (C=O) groups excluding carboxylic acids is 1. The van der Waals surface area contributed by atoms with Crippen molar-refractivity contribution in [2.45, 2.75) is 44.1 Å². The van der Waals surface area contributed by atoms with E-state index < -0.39 is 0 Å². The number of hydrogen-bond acceptors (Lipinski definition) is 7. The normalized spacial score (nSPS) is 12.3. The van der Waals surface area contributed by atoms with Gasteiger partial charge in [0.2, 0.25) is 11.1 Å². The van der Waals surface area contributed by atoms with Crippen molar-refractivity contribution in [3.8, 4) is 11.3 Å². The summed E-state index contributed by atoms with van der Waals surface area (Å²) in [5.41, 5.74) is 4.59. The van der Waals surface area contributed by atoms with Crippen LogP contribution < -0.4 is 5.32 Å². The van der Waals surface area contributed by atoms with Gasteiger partial charge in [0.05, 0.1) is 16.5 Å². The minimum absolute atomic E-state index is 0.111. The Morgan fingerprint density at radius 3 is 2.59 bits per heavy atom. The van der Waals surface area contributed by atoms with Crippen LogP contribution in [-0.4, -0.2) is 35.9 Å². The first-order chi connectivity index (χ1) is 16.6. The summed E-state index contributed by atoms with van der Waals surface area (Å²) >= 11 is 2.82. The van der Waals surface area contributed by atoms with E-state index in [0.29, 0.717) is 16.7 Å². The van der Waals surface area contributed by atoms with Gasteiger partial charge in [0, 0.05) is 22.4 Å². The van der Waals surface area contributed by atoms with Gasteiger partial charge in [-0.05, 0) is 26.3 Å². The molecule has 0 bridgehead atoms. The van der Waals surface area contributed by atoms with Gasteiger partial charge in [-0.1, -0.05) is 67.2 Å². The molecule has 0 aliphatic carbocycles. The maximum Gasteiger partial charge on any atom is 0.239 e. The highest BCUT2D eigenvalue weighted by Crippen LogP contribution is 2.32. The van der Waals surface area contributed by atoms with Crippen molar-refractivity contribution in [2.24, 2.45) is 0 Å². The fourth-order valence-corrected chi connectivity index (χ4v) is 5.66. The Labute approximate surface area is 205 Å². The van der Waals surface area contributed by atoms with Crippen LogP contribution in [0.1, 0.15) is 25.1 Å². The predicted octanol–water partition coefficient (Wildman–Crippen LogP) is 5.94. The molecule has 34 heavy (non-hydrogen) atoms. The summed E-state index contributed by atoms with van der Waals surface area (Å²) in [5.74, 6) is -0.111. The second-order valence-electron chi connectivity index (χ2n) is 7.82. The zero-order chi connectivity index (χ0) is 23.7. The smallest absolute Gasteiger partial charge is 0.239 e. The first-order valence-corrected chi connectivity index (χ1v) is 12.9. The van der Waals surface area contributed by atoms with Gasteiger partial charge < -0.3 is 9.88 Å². The van der Waals surface area contributed by atoms with Crippen molar-refractivity contribution >= 4 is 56.2 Å². The van der Waals surface area contributed by atoms with E-state index in [1.807, 2.05) is 62.4 Å². The predicted molar refractivity (Wildman–Crippen MR) is 139 cm³/mol. The molecule has 1 N–H and O–H groups in total. The van der Waals surface area contributed by atoms with Crippen molar-refractivity contribution < 1.29 is 4.79 Å². The van der Waals surface area contributed by atoms with Gasteiger partial charge in [-0.25, -0.2) is 9.97 Å². The molecule has 0 spiro atoms. The number of rotatable bonds is 7. The van der Waals surface area contributed by atoms with Crippen LogP contribution in [0.3, 0.4) is 0 Å². The van der Waals surface area contributed by atoms with E-state index in [1.54, 1.807) is 0 Å². The molecule has 172 valence electrons. The lowest BCUT2D eigenvalue weighted by atomic mass is 10.1. The Morgan fingerprint density at radius 1 is 1.06 bits per heavy atom. The van der Waals surface area contributed by atoms with E-state index in [-0.39, 0.29) is 11.2 Å². The van der Waals surface area contributed by atoms with Crippen molar-refractivity contribution in [3.05, 3.63) is 59.5 Å². The van der Waals surface area contributed by atoms with E-state index in [1.165, 1.54) is 23.1 Å². The summed E-state index contributed by atoms with van der Waals surface area (Å²) in [5, 5.41) is 13.6. The minimum Gasteiger partial charge on any atom is -0.324 e. The number of fused-ring (bicyclic) bond motifs is 3. The lowest BCUT2D eigenvalue weighted by Crippen LogP contribution is -2.24. The fourth-order valence-electron chi connectivity index (χ4n) is 4.01. The molecule has 0 saturated carbocycles. The Hall–Kier alpha value is -3.30. The van der Waals surface area contributed by atoms with Crippen LogP contribution in [0, 0.1) is 6.92 Å². The second-order valence-corrected chi connectivity index (χ2v) is 10.2. The van der Waals surface area contributed by atoms with Gasteiger partial charge in [0.25, 0.3) is 0 Å². The van der Waals surface area contributed by atoms with Gasteiger partial charge in [0.15, 0.2) is 10.8 Å². The molecule has 0 saturated heterocycles.